The molecule has 34 heavy (non-hydrogen) atoms. The number of carbonyl (C=O) groups excluding carboxylic acids is 1. The topological polar surface area (TPSA) is 151 Å². The second-order valence-corrected chi connectivity index (χ2v) is 7.72. The van der Waals surface area contributed by atoms with Crippen molar-refractivity contribution in [2.75, 3.05) is 5.75 Å². The van der Waals surface area contributed by atoms with E-state index >= 15 is 0 Å². The lowest BCUT2D eigenvalue weighted by Gasteiger charge is -2.10. The number of non-ortho nitro benzene ring substituents is 1. The summed E-state index contributed by atoms with van der Waals surface area (Å²) in [7, 11) is 0. The molecule has 0 unspecified atom stereocenters. The monoisotopic (exact) mass is 474 g/mol. The second-order valence-electron chi connectivity index (χ2n) is 6.77. The minimum absolute atomic E-state index is 0.00651. The van der Waals surface area contributed by atoms with Crippen molar-refractivity contribution in [3.63, 3.8) is 0 Å². The molecule has 0 aliphatic carbocycles. The maximum atomic E-state index is 12.3. The largest absolute Gasteiger partial charge is 0.872 e. The molecule has 11 nitrogen and oxygen atoms in total. The van der Waals surface area contributed by atoms with Gasteiger partial charge in [0, 0.05) is 35.8 Å². The first-order valence-electron chi connectivity index (χ1n) is 9.84. The standard InChI is InChI=1S/C22H17N7O4S/c30-19-7-6-18(29(32)33)12-16(19)13-24-25-20(31)14-34-22-27-26-21(15-8-10-23-11-9-15)28(22)17-4-2-1-3-5-17/h1-13,30H,14H2,(H,25,31)/p-1. The maximum absolute atomic E-state index is 12.3. The molecule has 170 valence electrons. The van der Waals surface area contributed by atoms with Gasteiger partial charge in [0.15, 0.2) is 11.0 Å². The number of aromatic nitrogens is 4. The van der Waals surface area contributed by atoms with E-state index in [9.17, 15) is 20.0 Å². The minimum atomic E-state index is -0.616. The Morgan fingerprint density at radius 1 is 1.12 bits per heavy atom. The Kier molecular flexibility index (Phi) is 6.89. The zero-order valence-electron chi connectivity index (χ0n) is 17.4. The predicted octanol–water partition coefficient (Wildman–Crippen LogP) is 2.55. The number of thioether (sulfide) groups is 1. The van der Waals surface area contributed by atoms with Gasteiger partial charge in [0.2, 0.25) is 0 Å². The van der Waals surface area contributed by atoms with Crippen LogP contribution >= 0.6 is 11.8 Å². The van der Waals surface area contributed by atoms with Crippen LogP contribution in [-0.4, -0.2) is 42.5 Å². The van der Waals surface area contributed by atoms with Crippen molar-refractivity contribution in [3.05, 3.63) is 88.7 Å². The van der Waals surface area contributed by atoms with Gasteiger partial charge in [0.1, 0.15) is 0 Å². The second kappa shape index (κ2) is 10.4. The fraction of sp³-hybridized carbons (Fsp3) is 0.0455. The van der Waals surface area contributed by atoms with E-state index in [0.717, 1.165) is 47.4 Å². The highest BCUT2D eigenvalue weighted by Crippen LogP contribution is 2.27. The van der Waals surface area contributed by atoms with Crippen LogP contribution in [0.2, 0.25) is 0 Å². The molecule has 0 bridgehead atoms. The Labute approximate surface area is 197 Å². The lowest BCUT2D eigenvalue weighted by molar-refractivity contribution is -0.385. The third-order valence-electron chi connectivity index (χ3n) is 4.52. The Balaban J connectivity index is 1.47. The molecule has 1 N–H and O–H groups in total. The Bertz CT molecular complexity index is 1340. The fourth-order valence-corrected chi connectivity index (χ4v) is 3.69. The van der Waals surface area contributed by atoms with Crippen LogP contribution in [0.25, 0.3) is 17.1 Å². The average Bonchev–Trinajstić information content (AvgIpc) is 3.29. The molecule has 0 radical (unpaired) electrons. The molecular formula is C22H16N7O4S-. The van der Waals surface area contributed by atoms with Gasteiger partial charge in [0.25, 0.3) is 11.6 Å². The summed E-state index contributed by atoms with van der Waals surface area (Å²) in [6.07, 6.45) is 4.39. The minimum Gasteiger partial charge on any atom is -0.872 e. The molecule has 2 aromatic carbocycles. The van der Waals surface area contributed by atoms with Crippen LogP contribution in [-0.2, 0) is 4.79 Å². The molecule has 4 aromatic rings. The van der Waals surface area contributed by atoms with E-state index in [-0.39, 0.29) is 17.0 Å². The summed E-state index contributed by atoms with van der Waals surface area (Å²) in [5.74, 6) is -0.328. The Morgan fingerprint density at radius 3 is 2.62 bits per heavy atom. The molecule has 0 atom stereocenters. The molecular weight excluding hydrogens is 458 g/mol. The fourth-order valence-electron chi connectivity index (χ4n) is 2.95. The Morgan fingerprint density at radius 2 is 1.88 bits per heavy atom. The molecule has 0 aliphatic heterocycles. The highest BCUT2D eigenvalue weighted by molar-refractivity contribution is 7.99. The van der Waals surface area contributed by atoms with Crippen molar-refractivity contribution < 1.29 is 14.8 Å². The van der Waals surface area contributed by atoms with Crippen LogP contribution in [0.5, 0.6) is 5.75 Å². The number of nitro benzene ring substituents is 1. The van der Waals surface area contributed by atoms with Crippen molar-refractivity contribution in [2.45, 2.75) is 5.16 Å². The van der Waals surface area contributed by atoms with E-state index in [1.165, 1.54) is 0 Å². The van der Waals surface area contributed by atoms with E-state index in [0.29, 0.717) is 11.0 Å². The van der Waals surface area contributed by atoms with Crippen molar-refractivity contribution in [2.24, 2.45) is 5.10 Å². The molecule has 0 aliphatic rings. The summed E-state index contributed by atoms with van der Waals surface area (Å²) < 4.78 is 1.84. The zero-order valence-corrected chi connectivity index (χ0v) is 18.3. The highest BCUT2D eigenvalue weighted by atomic mass is 32.2. The summed E-state index contributed by atoms with van der Waals surface area (Å²) in [6, 6.07) is 16.4. The molecule has 2 heterocycles. The van der Waals surface area contributed by atoms with Crippen LogP contribution < -0.4 is 10.5 Å². The number of hydrazone groups is 1. The number of nitrogens with zero attached hydrogens (tertiary/aromatic N) is 6. The normalized spacial score (nSPS) is 10.9. The molecule has 12 heteroatoms. The van der Waals surface area contributed by atoms with E-state index in [1.807, 2.05) is 47.0 Å². The number of carbonyl (C=O) groups is 1. The van der Waals surface area contributed by atoms with Gasteiger partial charge in [-0.05, 0) is 29.8 Å². The number of amides is 1. The van der Waals surface area contributed by atoms with Crippen LogP contribution in [0.4, 0.5) is 5.69 Å². The van der Waals surface area contributed by atoms with Crippen LogP contribution in [0, 0.1) is 10.1 Å². The number of benzene rings is 2. The highest BCUT2D eigenvalue weighted by Gasteiger charge is 2.17. The first kappa shape index (κ1) is 22.6. The lowest BCUT2D eigenvalue weighted by Crippen LogP contribution is -2.20. The van der Waals surface area contributed by atoms with E-state index in [1.54, 1.807) is 12.4 Å². The van der Waals surface area contributed by atoms with Crippen molar-refractivity contribution >= 4 is 29.6 Å². The smallest absolute Gasteiger partial charge is 0.270 e. The summed E-state index contributed by atoms with van der Waals surface area (Å²) in [5, 5.41) is 35.4. The molecule has 0 saturated heterocycles. The van der Waals surface area contributed by atoms with Gasteiger partial charge in [-0.2, -0.15) is 5.10 Å². The number of nitrogens with one attached hydrogen (secondary N) is 1. The van der Waals surface area contributed by atoms with Crippen molar-refractivity contribution in [1.82, 2.24) is 25.2 Å². The summed E-state index contributed by atoms with van der Waals surface area (Å²) in [4.78, 5) is 26.6. The Hall–Kier alpha value is -4.58. The van der Waals surface area contributed by atoms with Crippen molar-refractivity contribution in [1.29, 1.82) is 0 Å². The predicted molar refractivity (Wildman–Crippen MR) is 124 cm³/mol. The SMILES string of the molecule is O=C(CSc1nnc(-c2ccncc2)n1-c1ccccc1)NN=Cc1cc([N+](=O)[O-])ccc1[O-]. The molecule has 0 spiro atoms. The van der Waals surface area contributed by atoms with Gasteiger partial charge < -0.3 is 5.11 Å². The third-order valence-corrected chi connectivity index (χ3v) is 5.44. The quantitative estimate of drug-likeness (QED) is 0.177. The first-order chi connectivity index (χ1) is 16.5. The summed E-state index contributed by atoms with van der Waals surface area (Å²) in [5.41, 5.74) is 3.71. The number of pyridine rings is 1. The van der Waals surface area contributed by atoms with Gasteiger partial charge in [-0.1, -0.05) is 41.8 Å². The number of hydrogen-bond donors (Lipinski definition) is 1. The van der Waals surface area contributed by atoms with Gasteiger partial charge in [-0.15, -0.1) is 10.2 Å². The molecule has 4 rings (SSSR count). The van der Waals surface area contributed by atoms with E-state index in [2.05, 4.69) is 25.7 Å². The number of hydrogen-bond acceptors (Lipinski definition) is 9. The zero-order chi connectivity index (χ0) is 23.9. The molecule has 0 fully saturated rings. The molecule has 1 amide bonds. The molecule has 2 aromatic heterocycles. The van der Waals surface area contributed by atoms with Crippen molar-refractivity contribution in [3.8, 4) is 22.8 Å². The van der Waals surface area contributed by atoms with E-state index < -0.39 is 16.6 Å². The summed E-state index contributed by atoms with van der Waals surface area (Å²) in [6.45, 7) is 0. The lowest BCUT2D eigenvalue weighted by atomic mass is 10.2. The number of rotatable bonds is 8. The van der Waals surface area contributed by atoms with Gasteiger partial charge in [-0.3, -0.25) is 24.5 Å². The summed E-state index contributed by atoms with van der Waals surface area (Å²) >= 11 is 1.16. The van der Waals surface area contributed by atoms with Gasteiger partial charge in [0.05, 0.1) is 16.9 Å². The number of nitro groups is 1. The van der Waals surface area contributed by atoms with Gasteiger partial charge >= 0.3 is 0 Å². The van der Waals surface area contributed by atoms with Gasteiger partial charge in [-0.25, -0.2) is 5.43 Å². The van der Waals surface area contributed by atoms with E-state index in [4.69, 9.17) is 0 Å². The third kappa shape index (κ3) is 5.24. The number of para-hydroxylation sites is 1. The average molecular weight is 474 g/mol. The molecule has 0 saturated carbocycles. The first-order valence-corrected chi connectivity index (χ1v) is 10.8. The van der Waals surface area contributed by atoms with Crippen LogP contribution in [0.3, 0.4) is 0 Å². The maximum Gasteiger partial charge on any atom is 0.270 e. The van der Waals surface area contributed by atoms with Crippen LogP contribution in [0.1, 0.15) is 5.56 Å². The van der Waals surface area contributed by atoms with Crippen LogP contribution in [0.15, 0.2) is 83.3 Å².